The van der Waals surface area contributed by atoms with Crippen molar-refractivity contribution in [2.24, 2.45) is 0 Å². The highest BCUT2D eigenvalue weighted by atomic mass is 14.9. The monoisotopic (exact) mass is 702 g/mol. The molecule has 8 aromatic carbocycles. The van der Waals surface area contributed by atoms with E-state index >= 15 is 0 Å². The molecule has 2 nitrogen and oxygen atoms in total. The van der Waals surface area contributed by atoms with Gasteiger partial charge in [0.2, 0.25) is 0 Å². The molecule has 1 aromatic heterocycles. The van der Waals surface area contributed by atoms with Gasteiger partial charge in [-0.2, -0.15) is 0 Å². The summed E-state index contributed by atoms with van der Waals surface area (Å²) in [5, 5.41) is 2.58. The van der Waals surface area contributed by atoms with E-state index in [0.29, 0.717) is 0 Å². The fraction of sp³-hybridized carbons (Fsp3) is 0.0566. The van der Waals surface area contributed by atoms with Crippen LogP contribution in [0.15, 0.2) is 194 Å². The second kappa shape index (κ2) is 13.2. The molecule has 1 heterocycles. The van der Waals surface area contributed by atoms with Gasteiger partial charge in [-0.3, -0.25) is 0 Å². The van der Waals surface area contributed by atoms with Gasteiger partial charge in [0, 0.05) is 22.1 Å². The standard InChI is InChI=1S/C53H38N2/c1-53(2)46-32-42(29-30-45(46)51-47(53)33-43-21-12-13-24-44(43)50(51)38-17-8-4-9-18-38)41-23-14-22-40(31-41)35-25-27-37(28-26-35)49-34-48(36-15-6-3-7-16-36)54-52(55-49)39-19-10-5-11-20-39/h3-34H,1-2H3. The Balaban J connectivity index is 1.01. The summed E-state index contributed by atoms with van der Waals surface area (Å²) < 4.78 is 0. The molecular formula is C53H38N2. The lowest BCUT2D eigenvalue weighted by Crippen LogP contribution is -2.15. The zero-order valence-corrected chi connectivity index (χ0v) is 30.9. The van der Waals surface area contributed by atoms with E-state index in [2.05, 4.69) is 172 Å². The summed E-state index contributed by atoms with van der Waals surface area (Å²) in [5.41, 5.74) is 17.6. The molecular weight excluding hydrogens is 665 g/mol. The smallest absolute Gasteiger partial charge is 0.160 e. The number of aromatic nitrogens is 2. The lowest BCUT2D eigenvalue weighted by molar-refractivity contribution is 0.661. The number of fused-ring (bicyclic) bond motifs is 4. The van der Waals surface area contributed by atoms with Crippen LogP contribution in [0.4, 0.5) is 0 Å². The maximum atomic E-state index is 5.04. The zero-order valence-electron chi connectivity index (χ0n) is 30.9. The predicted octanol–water partition coefficient (Wildman–Crippen LogP) is 13.9. The summed E-state index contributed by atoms with van der Waals surface area (Å²) in [7, 11) is 0. The zero-order chi connectivity index (χ0) is 36.9. The first-order valence-corrected chi connectivity index (χ1v) is 19.0. The molecule has 0 radical (unpaired) electrons. The highest BCUT2D eigenvalue weighted by Crippen LogP contribution is 2.55. The van der Waals surface area contributed by atoms with E-state index < -0.39 is 0 Å². The molecule has 0 atom stereocenters. The molecule has 0 fully saturated rings. The Morgan fingerprint density at radius 2 is 0.855 bits per heavy atom. The van der Waals surface area contributed by atoms with Crippen LogP contribution >= 0.6 is 0 Å². The van der Waals surface area contributed by atoms with Gasteiger partial charge in [-0.05, 0) is 90.7 Å². The Morgan fingerprint density at radius 3 is 1.55 bits per heavy atom. The van der Waals surface area contributed by atoms with Crippen LogP contribution in [-0.2, 0) is 5.41 Å². The largest absolute Gasteiger partial charge is 0.228 e. The van der Waals surface area contributed by atoms with Crippen molar-refractivity contribution in [1.29, 1.82) is 0 Å². The second-order valence-corrected chi connectivity index (χ2v) is 15.0. The highest BCUT2D eigenvalue weighted by Gasteiger charge is 2.38. The summed E-state index contributed by atoms with van der Waals surface area (Å²) >= 11 is 0. The normalized spacial score (nSPS) is 12.7. The first-order chi connectivity index (χ1) is 27.0. The Labute approximate surface area is 322 Å². The highest BCUT2D eigenvalue weighted by molar-refractivity contribution is 6.08. The molecule has 55 heavy (non-hydrogen) atoms. The number of hydrogen-bond donors (Lipinski definition) is 0. The molecule has 0 saturated heterocycles. The summed E-state index contributed by atoms with van der Waals surface area (Å²) in [6, 6.07) is 69.6. The van der Waals surface area contributed by atoms with E-state index in [1.165, 1.54) is 66.4 Å². The van der Waals surface area contributed by atoms with E-state index in [0.717, 1.165) is 33.9 Å². The molecule has 1 aliphatic carbocycles. The first-order valence-electron chi connectivity index (χ1n) is 19.0. The molecule has 0 N–H and O–H groups in total. The number of rotatable bonds is 6. The van der Waals surface area contributed by atoms with Crippen LogP contribution in [-0.4, -0.2) is 9.97 Å². The van der Waals surface area contributed by atoms with Crippen molar-refractivity contribution in [3.63, 3.8) is 0 Å². The Morgan fingerprint density at radius 1 is 0.345 bits per heavy atom. The minimum atomic E-state index is -0.149. The summed E-state index contributed by atoms with van der Waals surface area (Å²) in [5.74, 6) is 0.721. The van der Waals surface area contributed by atoms with Crippen LogP contribution < -0.4 is 0 Å². The third kappa shape index (κ3) is 5.75. The summed E-state index contributed by atoms with van der Waals surface area (Å²) in [6.45, 7) is 4.76. The molecule has 0 amide bonds. The van der Waals surface area contributed by atoms with Crippen LogP contribution in [0.2, 0.25) is 0 Å². The number of benzene rings is 8. The lowest BCUT2D eigenvalue weighted by atomic mass is 9.80. The van der Waals surface area contributed by atoms with Crippen molar-refractivity contribution in [3.8, 4) is 78.4 Å². The van der Waals surface area contributed by atoms with Crippen molar-refractivity contribution in [3.05, 3.63) is 205 Å². The lowest BCUT2D eigenvalue weighted by Gasteiger charge is -2.23. The average molecular weight is 703 g/mol. The molecule has 0 saturated carbocycles. The molecule has 9 aromatic rings. The molecule has 0 spiro atoms. The Hall–Kier alpha value is -6.90. The molecule has 260 valence electrons. The first kappa shape index (κ1) is 32.7. The van der Waals surface area contributed by atoms with Crippen LogP contribution in [0.1, 0.15) is 25.0 Å². The Bertz CT molecular complexity index is 2800. The van der Waals surface area contributed by atoms with E-state index in [9.17, 15) is 0 Å². The van der Waals surface area contributed by atoms with Gasteiger partial charge in [0.25, 0.3) is 0 Å². The fourth-order valence-corrected chi connectivity index (χ4v) is 8.41. The summed E-state index contributed by atoms with van der Waals surface area (Å²) in [6.07, 6.45) is 0. The van der Waals surface area contributed by atoms with Gasteiger partial charge in [0.15, 0.2) is 5.82 Å². The van der Waals surface area contributed by atoms with Crippen molar-refractivity contribution >= 4 is 10.8 Å². The van der Waals surface area contributed by atoms with Crippen LogP contribution in [0.25, 0.3) is 89.2 Å². The maximum absolute atomic E-state index is 5.04. The molecule has 10 rings (SSSR count). The van der Waals surface area contributed by atoms with Crippen LogP contribution in [0, 0.1) is 0 Å². The van der Waals surface area contributed by atoms with Gasteiger partial charge >= 0.3 is 0 Å². The SMILES string of the molecule is CC1(C)c2cc(-c3cccc(-c4ccc(-c5cc(-c6ccccc6)nc(-c6ccccc6)n5)cc4)c3)ccc2-c2c1cc1ccccc1c2-c1ccccc1. The molecule has 0 unspecified atom stereocenters. The van der Waals surface area contributed by atoms with Crippen molar-refractivity contribution in [2.75, 3.05) is 0 Å². The molecule has 1 aliphatic rings. The van der Waals surface area contributed by atoms with Crippen molar-refractivity contribution < 1.29 is 0 Å². The quantitative estimate of drug-likeness (QED) is 0.172. The third-order valence-corrected chi connectivity index (χ3v) is 11.3. The predicted molar refractivity (Wildman–Crippen MR) is 230 cm³/mol. The van der Waals surface area contributed by atoms with Gasteiger partial charge < -0.3 is 0 Å². The fourth-order valence-electron chi connectivity index (χ4n) is 8.41. The maximum Gasteiger partial charge on any atom is 0.160 e. The van der Waals surface area contributed by atoms with Crippen molar-refractivity contribution in [2.45, 2.75) is 19.3 Å². The van der Waals surface area contributed by atoms with Gasteiger partial charge in [-0.1, -0.05) is 184 Å². The van der Waals surface area contributed by atoms with Crippen LogP contribution in [0.5, 0.6) is 0 Å². The van der Waals surface area contributed by atoms with Crippen LogP contribution in [0.3, 0.4) is 0 Å². The van der Waals surface area contributed by atoms with Gasteiger partial charge in [-0.15, -0.1) is 0 Å². The minimum Gasteiger partial charge on any atom is -0.228 e. The Kier molecular flexibility index (Phi) is 7.85. The molecule has 0 bridgehead atoms. The number of hydrogen-bond acceptors (Lipinski definition) is 2. The van der Waals surface area contributed by atoms with Gasteiger partial charge in [-0.25, -0.2) is 9.97 Å². The van der Waals surface area contributed by atoms with Crippen molar-refractivity contribution in [1.82, 2.24) is 9.97 Å². The van der Waals surface area contributed by atoms with E-state index in [1.54, 1.807) is 0 Å². The van der Waals surface area contributed by atoms with E-state index in [4.69, 9.17) is 9.97 Å². The van der Waals surface area contributed by atoms with Gasteiger partial charge in [0.1, 0.15) is 0 Å². The molecule has 2 heteroatoms. The van der Waals surface area contributed by atoms with E-state index in [-0.39, 0.29) is 5.41 Å². The molecule has 0 aliphatic heterocycles. The number of nitrogens with zero attached hydrogens (tertiary/aromatic N) is 2. The average Bonchev–Trinajstić information content (AvgIpc) is 3.48. The summed E-state index contributed by atoms with van der Waals surface area (Å²) in [4.78, 5) is 10.0. The third-order valence-electron chi connectivity index (χ3n) is 11.3. The topological polar surface area (TPSA) is 25.8 Å². The second-order valence-electron chi connectivity index (χ2n) is 15.0. The van der Waals surface area contributed by atoms with E-state index in [1.807, 2.05) is 36.4 Å². The van der Waals surface area contributed by atoms with Gasteiger partial charge in [0.05, 0.1) is 11.4 Å². The minimum absolute atomic E-state index is 0.149.